The van der Waals surface area contributed by atoms with E-state index in [1.165, 1.54) is 11.4 Å². The molecule has 1 aliphatic heterocycles. The molecule has 2 aromatic heterocycles. The first-order chi connectivity index (χ1) is 8.24. The molecular formula is C12H17N5. The van der Waals surface area contributed by atoms with E-state index in [-0.39, 0.29) is 0 Å². The largest absolute Gasteiger partial charge is 0.337 e. The molecule has 0 unspecified atom stereocenters. The average Bonchev–Trinajstić information content (AvgIpc) is 2.87. The van der Waals surface area contributed by atoms with Crippen molar-refractivity contribution >= 4 is 0 Å². The molecule has 0 bridgehead atoms. The van der Waals surface area contributed by atoms with Gasteiger partial charge >= 0.3 is 0 Å². The smallest absolute Gasteiger partial charge is 0.122 e. The molecule has 0 N–H and O–H groups in total. The summed E-state index contributed by atoms with van der Waals surface area (Å²) >= 11 is 0. The molecule has 3 heterocycles. The molecule has 0 saturated carbocycles. The van der Waals surface area contributed by atoms with E-state index in [0.29, 0.717) is 0 Å². The first-order valence-corrected chi connectivity index (χ1v) is 5.91. The molecule has 0 aliphatic carbocycles. The lowest BCUT2D eigenvalue weighted by Gasteiger charge is -2.26. The standard InChI is InChI=1S/C12H17N5/c1-15-6-4-13-12(15)8-17-5-3-11-10(7-17)14-9-16(11)2/h4,6,9H,3,5,7-8H2,1-2H3. The topological polar surface area (TPSA) is 38.9 Å². The molecule has 17 heavy (non-hydrogen) atoms. The van der Waals surface area contributed by atoms with Gasteiger partial charge in [-0.15, -0.1) is 0 Å². The van der Waals surface area contributed by atoms with Crippen LogP contribution in [0, 0.1) is 0 Å². The van der Waals surface area contributed by atoms with Crippen LogP contribution in [0.1, 0.15) is 17.2 Å². The lowest BCUT2D eigenvalue weighted by molar-refractivity contribution is 0.232. The first-order valence-electron chi connectivity index (χ1n) is 5.91. The van der Waals surface area contributed by atoms with Gasteiger partial charge in [0.25, 0.3) is 0 Å². The van der Waals surface area contributed by atoms with Gasteiger partial charge in [0.15, 0.2) is 0 Å². The second-order valence-electron chi connectivity index (χ2n) is 4.66. The zero-order valence-electron chi connectivity index (χ0n) is 10.3. The lowest BCUT2D eigenvalue weighted by Crippen LogP contribution is -2.31. The maximum atomic E-state index is 4.45. The molecule has 0 saturated heterocycles. The van der Waals surface area contributed by atoms with Crippen molar-refractivity contribution in [1.82, 2.24) is 24.0 Å². The van der Waals surface area contributed by atoms with Crippen LogP contribution in [0.5, 0.6) is 0 Å². The molecule has 90 valence electrons. The fourth-order valence-electron chi connectivity index (χ4n) is 2.40. The van der Waals surface area contributed by atoms with Gasteiger partial charge in [-0.25, -0.2) is 9.97 Å². The highest BCUT2D eigenvalue weighted by Crippen LogP contribution is 2.18. The van der Waals surface area contributed by atoms with E-state index in [4.69, 9.17) is 0 Å². The maximum absolute atomic E-state index is 4.45. The van der Waals surface area contributed by atoms with Crippen LogP contribution < -0.4 is 0 Å². The van der Waals surface area contributed by atoms with Crippen molar-refractivity contribution in [2.75, 3.05) is 6.54 Å². The van der Waals surface area contributed by atoms with Gasteiger partial charge in [0.05, 0.1) is 18.6 Å². The third-order valence-corrected chi connectivity index (χ3v) is 3.47. The van der Waals surface area contributed by atoms with Gasteiger partial charge in [-0.05, 0) is 0 Å². The third-order valence-electron chi connectivity index (χ3n) is 3.47. The van der Waals surface area contributed by atoms with Gasteiger partial charge in [-0.1, -0.05) is 0 Å². The average molecular weight is 231 g/mol. The molecule has 0 amide bonds. The van der Waals surface area contributed by atoms with E-state index in [0.717, 1.165) is 31.9 Å². The SMILES string of the molecule is Cn1ccnc1CN1CCc2c(ncn2C)C1. The monoisotopic (exact) mass is 231 g/mol. The lowest BCUT2D eigenvalue weighted by atomic mass is 10.1. The summed E-state index contributed by atoms with van der Waals surface area (Å²) in [6, 6.07) is 0. The van der Waals surface area contributed by atoms with E-state index in [9.17, 15) is 0 Å². The fourth-order valence-corrected chi connectivity index (χ4v) is 2.40. The summed E-state index contributed by atoms with van der Waals surface area (Å²) < 4.78 is 4.21. The molecule has 5 heteroatoms. The highest BCUT2D eigenvalue weighted by Gasteiger charge is 2.20. The van der Waals surface area contributed by atoms with Gasteiger partial charge in [-0.2, -0.15) is 0 Å². The van der Waals surface area contributed by atoms with Crippen molar-refractivity contribution in [2.45, 2.75) is 19.5 Å². The van der Waals surface area contributed by atoms with Gasteiger partial charge < -0.3 is 9.13 Å². The van der Waals surface area contributed by atoms with E-state index in [2.05, 4.69) is 31.0 Å². The number of nitrogens with zero attached hydrogens (tertiary/aromatic N) is 5. The van der Waals surface area contributed by atoms with Crippen LogP contribution in [0.25, 0.3) is 0 Å². The summed E-state index contributed by atoms with van der Waals surface area (Å²) in [6.07, 6.45) is 6.84. The summed E-state index contributed by atoms with van der Waals surface area (Å²) in [4.78, 5) is 11.2. The number of aryl methyl sites for hydroxylation is 2. The number of hydrogen-bond acceptors (Lipinski definition) is 3. The summed E-state index contributed by atoms with van der Waals surface area (Å²) in [6.45, 7) is 2.92. The molecule has 0 aromatic carbocycles. The minimum Gasteiger partial charge on any atom is -0.337 e. The van der Waals surface area contributed by atoms with Crippen molar-refractivity contribution in [1.29, 1.82) is 0 Å². The summed E-state index contributed by atoms with van der Waals surface area (Å²) in [5.41, 5.74) is 2.59. The highest BCUT2D eigenvalue weighted by molar-refractivity contribution is 5.16. The molecular weight excluding hydrogens is 214 g/mol. The Morgan fingerprint density at radius 1 is 1.24 bits per heavy atom. The van der Waals surface area contributed by atoms with E-state index >= 15 is 0 Å². The van der Waals surface area contributed by atoms with Gasteiger partial charge in [0.1, 0.15) is 5.82 Å². The van der Waals surface area contributed by atoms with Gasteiger partial charge in [0, 0.05) is 51.7 Å². The van der Waals surface area contributed by atoms with E-state index in [1.54, 1.807) is 0 Å². The number of fused-ring (bicyclic) bond motifs is 1. The van der Waals surface area contributed by atoms with Crippen LogP contribution in [-0.4, -0.2) is 30.5 Å². The van der Waals surface area contributed by atoms with Crippen molar-refractivity contribution < 1.29 is 0 Å². The second kappa shape index (κ2) is 4.00. The summed E-state index contributed by atoms with van der Waals surface area (Å²) in [5.74, 6) is 1.12. The van der Waals surface area contributed by atoms with Crippen molar-refractivity contribution in [3.8, 4) is 0 Å². The normalized spacial score (nSPS) is 16.1. The predicted molar refractivity (Wildman–Crippen MR) is 64.2 cm³/mol. The quantitative estimate of drug-likeness (QED) is 0.764. The Balaban J connectivity index is 1.74. The molecule has 2 aromatic rings. The molecule has 3 rings (SSSR count). The van der Waals surface area contributed by atoms with Crippen LogP contribution in [0.2, 0.25) is 0 Å². The zero-order chi connectivity index (χ0) is 11.8. The molecule has 0 radical (unpaired) electrons. The maximum Gasteiger partial charge on any atom is 0.122 e. The van der Waals surface area contributed by atoms with Crippen LogP contribution in [0.4, 0.5) is 0 Å². The molecule has 5 nitrogen and oxygen atoms in total. The minimum absolute atomic E-state index is 0.902. The van der Waals surface area contributed by atoms with Crippen molar-refractivity contribution in [2.24, 2.45) is 14.1 Å². The zero-order valence-corrected chi connectivity index (χ0v) is 10.3. The number of rotatable bonds is 2. The Hall–Kier alpha value is -1.62. The second-order valence-corrected chi connectivity index (χ2v) is 4.66. The van der Waals surface area contributed by atoms with Gasteiger partial charge in [-0.3, -0.25) is 4.90 Å². The van der Waals surface area contributed by atoms with Crippen LogP contribution in [0.15, 0.2) is 18.7 Å². The first kappa shape index (κ1) is 10.5. The molecule has 0 atom stereocenters. The van der Waals surface area contributed by atoms with Gasteiger partial charge in [0.2, 0.25) is 0 Å². The van der Waals surface area contributed by atoms with E-state index < -0.39 is 0 Å². The molecule has 0 fully saturated rings. The van der Waals surface area contributed by atoms with Crippen molar-refractivity contribution in [3.63, 3.8) is 0 Å². The third kappa shape index (κ3) is 1.86. The Labute approximate surface area is 101 Å². The highest BCUT2D eigenvalue weighted by atomic mass is 15.2. The van der Waals surface area contributed by atoms with Crippen LogP contribution in [0.3, 0.4) is 0 Å². The Bertz CT molecular complexity index is 525. The summed E-state index contributed by atoms with van der Waals surface area (Å²) in [5, 5.41) is 0. The van der Waals surface area contributed by atoms with Crippen LogP contribution >= 0.6 is 0 Å². The molecule has 1 aliphatic rings. The number of hydrogen-bond donors (Lipinski definition) is 0. The Morgan fingerprint density at radius 3 is 2.88 bits per heavy atom. The van der Waals surface area contributed by atoms with Crippen LogP contribution in [-0.2, 0) is 33.6 Å². The Morgan fingerprint density at radius 2 is 2.12 bits per heavy atom. The minimum atomic E-state index is 0.902. The number of aromatic nitrogens is 4. The fraction of sp³-hybridized carbons (Fsp3) is 0.500. The summed E-state index contributed by atoms with van der Waals surface area (Å²) in [7, 11) is 4.11. The predicted octanol–water partition coefficient (Wildman–Crippen LogP) is 0.712. The Kier molecular flexibility index (Phi) is 2.48. The molecule has 0 spiro atoms. The van der Waals surface area contributed by atoms with E-state index in [1.807, 2.05) is 25.8 Å². The van der Waals surface area contributed by atoms with Crippen molar-refractivity contribution in [3.05, 3.63) is 35.9 Å². The number of imidazole rings is 2.